The highest BCUT2D eigenvalue weighted by atomic mass is 16.5. The minimum atomic E-state index is -0.519. The van der Waals surface area contributed by atoms with Gasteiger partial charge in [-0.15, -0.1) is 0 Å². The van der Waals surface area contributed by atoms with E-state index < -0.39 is 11.8 Å². The molecule has 0 bridgehead atoms. The smallest absolute Gasteiger partial charge is 0.272 e. The number of rotatable bonds is 11. The maximum Gasteiger partial charge on any atom is 0.272 e. The summed E-state index contributed by atoms with van der Waals surface area (Å²) in [7, 11) is 0. The summed E-state index contributed by atoms with van der Waals surface area (Å²) in [6.45, 7) is 0.433. The number of nitrogens with one attached hydrogen (secondary N) is 2. The lowest BCUT2D eigenvalue weighted by Crippen LogP contribution is -2.30. The van der Waals surface area contributed by atoms with Gasteiger partial charge < -0.3 is 15.4 Å². The van der Waals surface area contributed by atoms with E-state index in [9.17, 15) is 14.4 Å². The third kappa shape index (κ3) is 8.47. The number of carbonyl (C=O) groups is 3. The van der Waals surface area contributed by atoms with Crippen molar-refractivity contribution in [3.63, 3.8) is 0 Å². The maximum atomic E-state index is 13.4. The van der Waals surface area contributed by atoms with E-state index in [1.807, 2.05) is 66.7 Å². The normalized spacial score (nSPS) is 11.1. The zero-order valence-corrected chi connectivity index (χ0v) is 23.7. The maximum absolute atomic E-state index is 13.4. The molecule has 7 nitrogen and oxygen atoms in total. The quantitative estimate of drug-likeness (QED) is 0.130. The van der Waals surface area contributed by atoms with E-state index in [1.54, 1.807) is 79.1 Å². The lowest BCUT2D eigenvalue weighted by Gasteiger charge is -2.12. The van der Waals surface area contributed by atoms with Gasteiger partial charge >= 0.3 is 0 Å². The molecule has 0 fully saturated rings. The molecule has 4 aromatic carbocycles. The van der Waals surface area contributed by atoms with Crippen LogP contribution in [-0.4, -0.2) is 22.6 Å². The van der Waals surface area contributed by atoms with Crippen molar-refractivity contribution in [2.45, 2.75) is 6.61 Å². The summed E-state index contributed by atoms with van der Waals surface area (Å²) in [4.78, 5) is 43.0. The molecular formula is C37H29N3O4. The van der Waals surface area contributed by atoms with E-state index in [0.717, 1.165) is 11.1 Å². The van der Waals surface area contributed by atoms with Crippen molar-refractivity contribution in [2.75, 3.05) is 5.32 Å². The van der Waals surface area contributed by atoms with Crippen LogP contribution in [0.15, 0.2) is 145 Å². The number of aromatic nitrogens is 1. The number of ether oxygens (including phenoxy) is 1. The van der Waals surface area contributed by atoms with Crippen molar-refractivity contribution in [1.29, 1.82) is 0 Å². The average Bonchev–Trinajstić information content (AvgIpc) is 3.08. The second kappa shape index (κ2) is 14.7. The van der Waals surface area contributed by atoms with Gasteiger partial charge in [0.25, 0.3) is 11.8 Å². The van der Waals surface area contributed by atoms with Crippen molar-refractivity contribution in [3.05, 3.63) is 173 Å². The molecule has 0 radical (unpaired) electrons. The number of benzene rings is 4. The van der Waals surface area contributed by atoms with Gasteiger partial charge in [-0.1, -0.05) is 66.7 Å². The molecule has 2 N–H and O–H groups in total. The summed E-state index contributed by atoms with van der Waals surface area (Å²) in [5, 5.41) is 5.54. The summed E-state index contributed by atoms with van der Waals surface area (Å²) in [6, 6.07) is 35.9. The fourth-order valence-electron chi connectivity index (χ4n) is 4.17. The van der Waals surface area contributed by atoms with Crippen LogP contribution in [0.4, 0.5) is 5.69 Å². The summed E-state index contributed by atoms with van der Waals surface area (Å²) < 4.78 is 5.86. The Morgan fingerprint density at radius 1 is 0.705 bits per heavy atom. The molecule has 0 saturated carbocycles. The lowest BCUT2D eigenvalue weighted by atomic mass is 10.1. The topological polar surface area (TPSA) is 97.4 Å². The minimum absolute atomic E-state index is 0.0522. The molecule has 0 aliphatic rings. The van der Waals surface area contributed by atoms with Crippen LogP contribution in [0, 0.1) is 0 Å². The van der Waals surface area contributed by atoms with E-state index in [1.165, 1.54) is 6.08 Å². The summed E-state index contributed by atoms with van der Waals surface area (Å²) in [5.74, 6) is -0.445. The van der Waals surface area contributed by atoms with E-state index in [2.05, 4.69) is 15.6 Å². The Labute approximate surface area is 255 Å². The third-order valence-electron chi connectivity index (χ3n) is 6.51. The largest absolute Gasteiger partial charge is 0.489 e. The zero-order valence-electron chi connectivity index (χ0n) is 23.7. The van der Waals surface area contributed by atoms with Crippen LogP contribution in [0.3, 0.4) is 0 Å². The predicted octanol–water partition coefficient (Wildman–Crippen LogP) is 6.97. The molecule has 1 aromatic heterocycles. The summed E-state index contributed by atoms with van der Waals surface area (Å²) in [6.07, 6.45) is 8.09. The highest BCUT2D eigenvalue weighted by Gasteiger charge is 2.15. The Hall–Kier alpha value is -6.08. The van der Waals surface area contributed by atoms with Crippen molar-refractivity contribution >= 4 is 35.4 Å². The molecule has 0 atom stereocenters. The average molecular weight is 580 g/mol. The fourth-order valence-corrected chi connectivity index (χ4v) is 4.17. The molecule has 5 aromatic rings. The highest BCUT2D eigenvalue weighted by molar-refractivity contribution is 6.11. The monoisotopic (exact) mass is 579 g/mol. The highest BCUT2D eigenvalue weighted by Crippen LogP contribution is 2.18. The number of anilines is 1. The van der Waals surface area contributed by atoms with E-state index >= 15 is 0 Å². The molecule has 7 heteroatoms. The first-order valence-electron chi connectivity index (χ1n) is 13.9. The second-order valence-corrected chi connectivity index (χ2v) is 9.74. The Morgan fingerprint density at radius 3 is 2.09 bits per heavy atom. The number of hydrogen-bond donors (Lipinski definition) is 2. The molecule has 44 heavy (non-hydrogen) atoms. The van der Waals surface area contributed by atoms with Crippen LogP contribution in [0.1, 0.15) is 37.4 Å². The van der Waals surface area contributed by atoms with Crippen molar-refractivity contribution in [2.24, 2.45) is 0 Å². The lowest BCUT2D eigenvalue weighted by molar-refractivity contribution is -0.113. The van der Waals surface area contributed by atoms with Gasteiger partial charge in [-0.05, 0) is 89.5 Å². The molecule has 2 amide bonds. The van der Waals surface area contributed by atoms with Crippen molar-refractivity contribution < 1.29 is 19.1 Å². The van der Waals surface area contributed by atoms with Crippen LogP contribution >= 0.6 is 0 Å². The van der Waals surface area contributed by atoms with Crippen LogP contribution in [0.2, 0.25) is 0 Å². The van der Waals surface area contributed by atoms with E-state index in [4.69, 9.17) is 4.74 Å². The zero-order chi connectivity index (χ0) is 30.6. The summed E-state index contributed by atoms with van der Waals surface area (Å²) >= 11 is 0. The molecule has 5 rings (SSSR count). The van der Waals surface area contributed by atoms with Gasteiger partial charge in [0.1, 0.15) is 18.1 Å². The van der Waals surface area contributed by atoms with Gasteiger partial charge in [0, 0.05) is 29.2 Å². The molecule has 0 unspecified atom stereocenters. The molecule has 0 saturated heterocycles. The molecular weight excluding hydrogens is 550 g/mol. The molecule has 1 heterocycles. The fraction of sp³-hybridized carbons (Fsp3) is 0.0270. The number of hydrogen-bond acceptors (Lipinski definition) is 5. The molecule has 0 spiro atoms. The number of allylic oxidation sites excluding steroid dienone is 1. The van der Waals surface area contributed by atoms with Crippen molar-refractivity contribution in [1.82, 2.24) is 10.3 Å². The number of pyridine rings is 1. The van der Waals surface area contributed by atoms with Gasteiger partial charge in [-0.2, -0.15) is 0 Å². The SMILES string of the molecule is O=C(Nc1ccc(C(=O)/C=C/c2cccnc2)cc1)/C(=C/c1ccc(OCc2ccccc2)cc1)NC(=O)c1ccccc1. The van der Waals surface area contributed by atoms with Crippen LogP contribution in [-0.2, 0) is 11.4 Å². The van der Waals surface area contributed by atoms with Crippen LogP contribution in [0.25, 0.3) is 12.2 Å². The van der Waals surface area contributed by atoms with E-state index in [0.29, 0.717) is 34.7 Å². The Balaban J connectivity index is 1.29. The molecule has 0 aliphatic heterocycles. The Morgan fingerprint density at radius 2 is 1.41 bits per heavy atom. The van der Waals surface area contributed by atoms with Crippen LogP contribution in [0.5, 0.6) is 5.75 Å². The van der Waals surface area contributed by atoms with Crippen LogP contribution < -0.4 is 15.4 Å². The summed E-state index contributed by atoms with van der Waals surface area (Å²) in [5.41, 5.74) is 3.96. The van der Waals surface area contributed by atoms with Gasteiger partial charge in [-0.3, -0.25) is 19.4 Å². The van der Waals surface area contributed by atoms with Gasteiger partial charge in [-0.25, -0.2) is 0 Å². The van der Waals surface area contributed by atoms with Gasteiger partial charge in [0.2, 0.25) is 0 Å². The number of amides is 2. The standard InChI is InChI=1S/C37H29N3O4/c41-35(22-15-28-10-7-23-38-25-28)30-16-18-32(19-17-30)39-37(43)34(40-36(42)31-11-5-2-6-12-31)24-27-13-20-33(21-14-27)44-26-29-8-3-1-4-9-29/h1-25H,26H2,(H,39,43)(H,40,42)/b22-15+,34-24-. The number of carbonyl (C=O) groups excluding carboxylic acids is 3. The first kappa shape index (κ1) is 29.4. The second-order valence-electron chi connectivity index (χ2n) is 9.74. The third-order valence-corrected chi connectivity index (χ3v) is 6.51. The predicted molar refractivity (Wildman–Crippen MR) is 172 cm³/mol. The first-order valence-corrected chi connectivity index (χ1v) is 13.9. The number of ketones is 1. The van der Waals surface area contributed by atoms with Gasteiger partial charge in [0.15, 0.2) is 5.78 Å². The first-order chi connectivity index (χ1) is 21.5. The van der Waals surface area contributed by atoms with Crippen molar-refractivity contribution in [3.8, 4) is 5.75 Å². The Bertz CT molecular complexity index is 1770. The minimum Gasteiger partial charge on any atom is -0.489 e. The van der Waals surface area contributed by atoms with E-state index in [-0.39, 0.29) is 11.5 Å². The van der Waals surface area contributed by atoms with Gasteiger partial charge in [0.05, 0.1) is 0 Å². The molecule has 216 valence electrons. The molecule has 0 aliphatic carbocycles. The Kier molecular flexibility index (Phi) is 9.83. The number of nitrogens with zero attached hydrogens (tertiary/aromatic N) is 1.